The van der Waals surface area contributed by atoms with E-state index < -0.39 is 5.91 Å². The van der Waals surface area contributed by atoms with E-state index in [4.69, 9.17) is 5.73 Å². The van der Waals surface area contributed by atoms with Gasteiger partial charge in [0.15, 0.2) is 5.69 Å². The number of hydrogen-bond acceptors (Lipinski definition) is 9. The topological polar surface area (TPSA) is 137 Å². The smallest absolute Gasteiger partial charge is 0.292 e. The number of nitrogens with two attached hydrogens (primary N) is 1. The number of halogens is 1. The molecule has 0 saturated carbocycles. The highest BCUT2D eigenvalue weighted by atomic mass is 79.9. The summed E-state index contributed by atoms with van der Waals surface area (Å²) in [6, 6.07) is 3.75. The Morgan fingerprint density at radius 1 is 1.52 bits per heavy atom. The van der Waals surface area contributed by atoms with E-state index in [1.54, 1.807) is 6.92 Å². The van der Waals surface area contributed by atoms with E-state index in [0.717, 1.165) is 13.3 Å². The van der Waals surface area contributed by atoms with Crippen LogP contribution in [0.2, 0.25) is 0 Å². The van der Waals surface area contributed by atoms with E-state index in [9.17, 15) is 4.79 Å². The standard InChI is InChI=1S/C11H9BrN8O2S/c1-5-8(20(19-15-5)10-9(13)17-22-18-10)11(21)16-14-4-6-2-3-7(12)23-6/h2-4H,1H3,(H2,13,17)(H,16,21). The van der Waals surface area contributed by atoms with Crippen molar-refractivity contribution in [2.24, 2.45) is 5.10 Å². The first-order valence-electron chi connectivity index (χ1n) is 6.15. The van der Waals surface area contributed by atoms with Gasteiger partial charge in [-0.3, -0.25) is 4.79 Å². The third kappa shape index (κ3) is 3.12. The van der Waals surface area contributed by atoms with Gasteiger partial charge in [-0.25, -0.2) is 10.1 Å². The van der Waals surface area contributed by atoms with Crippen molar-refractivity contribution in [2.75, 3.05) is 5.73 Å². The minimum absolute atomic E-state index is 0.00381. The maximum Gasteiger partial charge on any atom is 0.292 e. The number of hydrazone groups is 1. The first-order valence-corrected chi connectivity index (χ1v) is 7.76. The van der Waals surface area contributed by atoms with Gasteiger partial charge in [-0.2, -0.15) is 9.78 Å². The molecule has 118 valence electrons. The first-order chi connectivity index (χ1) is 11.1. The largest absolute Gasteiger partial charge is 0.378 e. The average Bonchev–Trinajstić information content (AvgIpc) is 3.20. The lowest BCUT2D eigenvalue weighted by atomic mass is 10.3. The second kappa shape index (κ2) is 6.26. The van der Waals surface area contributed by atoms with Crippen LogP contribution in [0.25, 0.3) is 5.82 Å². The van der Waals surface area contributed by atoms with Crippen LogP contribution < -0.4 is 11.2 Å². The van der Waals surface area contributed by atoms with Crippen LogP contribution in [-0.4, -0.2) is 37.4 Å². The molecule has 3 aromatic rings. The Kier molecular flexibility index (Phi) is 4.16. The summed E-state index contributed by atoms with van der Waals surface area (Å²) in [7, 11) is 0. The molecule has 0 aliphatic carbocycles. The van der Waals surface area contributed by atoms with Crippen LogP contribution >= 0.6 is 27.3 Å². The molecule has 3 rings (SSSR count). The van der Waals surface area contributed by atoms with E-state index in [-0.39, 0.29) is 17.3 Å². The maximum absolute atomic E-state index is 12.3. The second-order valence-corrected chi connectivity index (χ2v) is 6.74. The number of carbonyl (C=O) groups is 1. The molecule has 3 N–H and O–H groups in total. The highest BCUT2D eigenvalue weighted by molar-refractivity contribution is 9.11. The van der Waals surface area contributed by atoms with Crippen LogP contribution in [0.3, 0.4) is 0 Å². The van der Waals surface area contributed by atoms with Crippen LogP contribution in [0.1, 0.15) is 21.1 Å². The quantitative estimate of drug-likeness (QED) is 0.497. The maximum atomic E-state index is 12.3. The lowest BCUT2D eigenvalue weighted by Gasteiger charge is -2.02. The summed E-state index contributed by atoms with van der Waals surface area (Å²) < 4.78 is 6.62. The average molecular weight is 397 g/mol. The molecule has 0 saturated heterocycles. The monoisotopic (exact) mass is 396 g/mol. The molecular weight excluding hydrogens is 388 g/mol. The van der Waals surface area contributed by atoms with Crippen molar-refractivity contribution in [3.63, 3.8) is 0 Å². The minimum atomic E-state index is -0.512. The lowest BCUT2D eigenvalue weighted by molar-refractivity contribution is 0.0946. The highest BCUT2D eigenvalue weighted by Crippen LogP contribution is 2.20. The van der Waals surface area contributed by atoms with Gasteiger partial charge in [0.25, 0.3) is 5.91 Å². The number of aryl methyl sites for hydroxylation is 1. The normalized spacial score (nSPS) is 11.2. The molecule has 12 heteroatoms. The number of aromatic nitrogens is 5. The molecule has 3 aromatic heterocycles. The van der Waals surface area contributed by atoms with Crippen LogP contribution in [0.5, 0.6) is 0 Å². The van der Waals surface area contributed by atoms with Crippen molar-refractivity contribution in [1.29, 1.82) is 0 Å². The van der Waals surface area contributed by atoms with E-state index in [1.807, 2.05) is 12.1 Å². The molecule has 0 atom stereocenters. The van der Waals surface area contributed by atoms with Gasteiger partial charge < -0.3 is 5.73 Å². The lowest BCUT2D eigenvalue weighted by Crippen LogP contribution is -2.22. The molecule has 0 unspecified atom stereocenters. The molecule has 23 heavy (non-hydrogen) atoms. The van der Waals surface area contributed by atoms with Crippen molar-refractivity contribution in [1.82, 2.24) is 30.7 Å². The molecule has 0 aromatic carbocycles. The SMILES string of the molecule is Cc1nnn(-c2nonc2N)c1C(=O)NN=Cc1ccc(Br)s1. The predicted octanol–water partition coefficient (Wildman–Crippen LogP) is 1.13. The molecule has 0 radical (unpaired) electrons. The number of nitrogens with one attached hydrogen (secondary N) is 1. The summed E-state index contributed by atoms with van der Waals surface area (Å²) in [5.74, 6) is -0.431. The van der Waals surface area contributed by atoms with E-state index in [1.165, 1.54) is 17.6 Å². The Labute approximate surface area is 141 Å². The summed E-state index contributed by atoms with van der Waals surface area (Å²) in [6.45, 7) is 1.63. The van der Waals surface area contributed by atoms with Gasteiger partial charge in [0.05, 0.1) is 15.7 Å². The van der Waals surface area contributed by atoms with Gasteiger partial charge in [0.2, 0.25) is 11.6 Å². The Morgan fingerprint density at radius 2 is 2.35 bits per heavy atom. The molecular formula is C11H9BrN8O2S. The number of hydrogen-bond donors (Lipinski definition) is 2. The summed E-state index contributed by atoms with van der Waals surface area (Å²) in [4.78, 5) is 13.2. The van der Waals surface area contributed by atoms with Gasteiger partial charge in [-0.05, 0) is 45.3 Å². The van der Waals surface area contributed by atoms with Crippen LogP contribution in [0, 0.1) is 6.92 Å². The highest BCUT2D eigenvalue weighted by Gasteiger charge is 2.22. The number of carbonyl (C=O) groups excluding carboxylic acids is 1. The van der Waals surface area contributed by atoms with Gasteiger partial charge in [0, 0.05) is 4.88 Å². The van der Waals surface area contributed by atoms with Crippen molar-refractivity contribution in [3.8, 4) is 5.82 Å². The van der Waals surface area contributed by atoms with Crippen molar-refractivity contribution in [3.05, 3.63) is 32.2 Å². The predicted molar refractivity (Wildman–Crippen MR) is 85.4 cm³/mol. The number of thiophene rings is 1. The Bertz CT molecular complexity index is 882. The zero-order chi connectivity index (χ0) is 16.4. The fourth-order valence-electron chi connectivity index (χ4n) is 1.71. The van der Waals surface area contributed by atoms with Gasteiger partial charge >= 0.3 is 0 Å². The van der Waals surface area contributed by atoms with Crippen molar-refractivity contribution >= 4 is 45.2 Å². The number of rotatable bonds is 4. The Morgan fingerprint density at radius 3 is 3.00 bits per heavy atom. The van der Waals surface area contributed by atoms with Crippen molar-refractivity contribution in [2.45, 2.75) is 6.92 Å². The number of nitrogen functional groups attached to an aromatic ring is 1. The number of anilines is 1. The second-order valence-electron chi connectivity index (χ2n) is 4.25. The number of nitrogens with zero attached hydrogens (tertiary/aromatic N) is 6. The van der Waals surface area contributed by atoms with Gasteiger partial charge in [-0.15, -0.1) is 16.4 Å². The van der Waals surface area contributed by atoms with Crippen LogP contribution in [0.4, 0.5) is 5.82 Å². The molecule has 0 aliphatic rings. The third-order valence-electron chi connectivity index (χ3n) is 2.70. The summed E-state index contributed by atoms with van der Waals surface area (Å²) in [5.41, 5.74) is 8.54. The Hall–Kier alpha value is -2.60. The first kappa shape index (κ1) is 15.3. The fourth-order valence-corrected chi connectivity index (χ4v) is 3.00. The molecule has 0 aliphatic heterocycles. The van der Waals surface area contributed by atoms with E-state index in [0.29, 0.717) is 5.69 Å². The van der Waals surface area contributed by atoms with E-state index in [2.05, 4.69) is 51.7 Å². The van der Waals surface area contributed by atoms with Crippen LogP contribution in [0.15, 0.2) is 25.6 Å². The molecule has 10 nitrogen and oxygen atoms in total. The molecule has 1 amide bonds. The summed E-state index contributed by atoms with van der Waals surface area (Å²) in [5, 5.41) is 18.6. The zero-order valence-corrected chi connectivity index (χ0v) is 14.0. The summed E-state index contributed by atoms with van der Waals surface area (Å²) >= 11 is 4.83. The van der Waals surface area contributed by atoms with Gasteiger partial charge in [-0.1, -0.05) is 5.21 Å². The Balaban J connectivity index is 1.81. The molecule has 0 fully saturated rings. The fraction of sp³-hybridized carbons (Fsp3) is 0.0909. The number of amides is 1. The van der Waals surface area contributed by atoms with Crippen molar-refractivity contribution < 1.29 is 9.42 Å². The van der Waals surface area contributed by atoms with E-state index >= 15 is 0 Å². The van der Waals surface area contributed by atoms with Crippen LogP contribution in [-0.2, 0) is 0 Å². The molecule has 0 spiro atoms. The minimum Gasteiger partial charge on any atom is -0.378 e. The molecule has 0 bridgehead atoms. The summed E-state index contributed by atoms with van der Waals surface area (Å²) in [6.07, 6.45) is 1.53. The third-order valence-corrected chi connectivity index (χ3v) is 4.26. The molecule has 3 heterocycles. The van der Waals surface area contributed by atoms with Gasteiger partial charge in [0.1, 0.15) is 0 Å². The zero-order valence-electron chi connectivity index (χ0n) is 11.6.